The Hall–Kier alpha value is -1.30. The van der Waals surface area contributed by atoms with E-state index in [9.17, 15) is 9.59 Å². The van der Waals surface area contributed by atoms with E-state index in [-0.39, 0.29) is 11.9 Å². The van der Waals surface area contributed by atoms with Gasteiger partial charge in [-0.2, -0.15) is 0 Å². The monoisotopic (exact) mass is 297 g/mol. The minimum absolute atomic E-state index is 0.211. The van der Waals surface area contributed by atoms with Gasteiger partial charge in [-0.1, -0.05) is 0 Å². The molecule has 0 unspecified atom stereocenters. The van der Waals surface area contributed by atoms with Gasteiger partial charge in [0.15, 0.2) is 0 Å². The van der Waals surface area contributed by atoms with E-state index in [0.29, 0.717) is 24.8 Å². The molecule has 2 heterocycles. The zero-order valence-electron chi connectivity index (χ0n) is 9.15. The van der Waals surface area contributed by atoms with Crippen LogP contribution in [0.2, 0.25) is 0 Å². The molecule has 0 bridgehead atoms. The minimum atomic E-state index is -0.297. The van der Waals surface area contributed by atoms with Crippen LogP contribution in [0, 0.1) is 0 Å². The summed E-state index contributed by atoms with van der Waals surface area (Å²) >= 11 is 3.38. The molecule has 1 aliphatic heterocycles. The highest BCUT2D eigenvalue weighted by atomic mass is 79.9. The van der Waals surface area contributed by atoms with E-state index in [4.69, 9.17) is 0 Å². The van der Waals surface area contributed by atoms with E-state index in [1.165, 1.54) is 4.90 Å². The molecule has 1 aromatic heterocycles. The first-order chi connectivity index (χ1) is 8.16. The summed E-state index contributed by atoms with van der Waals surface area (Å²) in [6, 6.07) is 1.91. The molecule has 3 rings (SSSR count). The predicted molar refractivity (Wildman–Crippen MR) is 64.8 cm³/mol. The lowest BCUT2D eigenvalue weighted by Crippen LogP contribution is -2.35. The molecule has 0 radical (unpaired) electrons. The molecule has 0 spiro atoms. The molecule has 1 saturated heterocycles. The molecule has 17 heavy (non-hydrogen) atoms. The normalized spacial score (nSPS) is 19.6. The molecule has 1 saturated carbocycles. The Balaban J connectivity index is 1.92. The molecule has 1 N–H and O–H groups in total. The van der Waals surface area contributed by atoms with Crippen molar-refractivity contribution < 1.29 is 9.59 Å². The lowest BCUT2D eigenvalue weighted by Gasteiger charge is -2.13. The van der Waals surface area contributed by atoms with Crippen molar-refractivity contribution in [2.24, 2.45) is 0 Å². The fourth-order valence-electron chi connectivity index (χ4n) is 2.08. The number of halogens is 1. The van der Waals surface area contributed by atoms with Gasteiger partial charge < -0.3 is 9.88 Å². The number of carbonyl (C=O) groups excluding carboxylic acids is 2. The molecule has 6 heteroatoms. The van der Waals surface area contributed by atoms with Gasteiger partial charge in [-0.05, 0) is 34.8 Å². The second-order valence-electron chi connectivity index (χ2n) is 4.37. The van der Waals surface area contributed by atoms with E-state index in [1.54, 1.807) is 6.07 Å². The Labute approximate surface area is 107 Å². The first kappa shape index (κ1) is 10.8. The fraction of sp³-hybridized carbons (Fsp3) is 0.455. The standard InChI is InChI=1S/C11H12BrN3O2/c12-7-5-9(15(6-7)8-1-2-8)10(16)14-4-3-13-11(14)17/h5-6,8H,1-4H2,(H,13,17). The highest BCUT2D eigenvalue weighted by molar-refractivity contribution is 9.10. The fourth-order valence-corrected chi connectivity index (χ4v) is 2.51. The molecule has 0 aromatic carbocycles. The van der Waals surface area contributed by atoms with Crippen molar-refractivity contribution in [3.05, 3.63) is 22.4 Å². The second-order valence-corrected chi connectivity index (χ2v) is 5.29. The Morgan fingerprint density at radius 2 is 2.24 bits per heavy atom. The van der Waals surface area contributed by atoms with Gasteiger partial charge in [-0.15, -0.1) is 0 Å². The first-order valence-electron chi connectivity index (χ1n) is 5.64. The number of hydrogen-bond acceptors (Lipinski definition) is 2. The Kier molecular flexibility index (Phi) is 2.47. The van der Waals surface area contributed by atoms with E-state index in [2.05, 4.69) is 21.2 Å². The summed E-state index contributed by atoms with van der Waals surface area (Å²) in [5.74, 6) is -0.211. The van der Waals surface area contributed by atoms with Crippen molar-refractivity contribution >= 4 is 27.9 Å². The molecule has 1 aliphatic carbocycles. The van der Waals surface area contributed by atoms with Gasteiger partial charge in [-0.25, -0.2) is 4.79 Å². The highest BCUT2D eigenvalue weighted by Crippen LogP contribution is 2.37. The number of nitrogens with zero attached hydrogens (tertiary/aromatic N) is 2. The van der Waals surface area contributed by atoms with Crippen LogP contribution in [0.25, 0.3) is 0 Å². The molecule has 1 aromatic rings. The van der Waals surface area contributed by atoms with Crippen LogP contribution in [0.15, 0.2) is 16.7 Å². The average Bonchev–Trinajstić information content (AvgIpc) is 2.94. The molecule has 5 nitrogen and oxygen atoms in total. The summed E-state index contributed by atoms with van der Waals surface area (Å²) in [5, 5.41) is 2.64. The smallest absolute Gasteiger partial charge is 0.324 e. The summed E-state index contributed by atoms with van der Waals surface area (Å²) in [5.41, 5.74) is 0.594. The number of urea groups is 1. The predicted octanol–water partition coefficient (Wildman–Crippen LogP) is 1.75. The van der Waals surface area contributed by atoms with Crippen LogP contribution in [0.3, 0.4) is 0 Å². The number of hydrogen-bond donors (Lipinski definition) is 1. The summed E-state index contributed by atoms with van der Waals surface area (Å²) in [4.78, 5) is 25.0. The summed E-state index contributed by atoms with van der Waals surface area (Å²) < 4.78 is 2.85. The van der Waals surface area contributed by atoms with Crippen molar-refractivity contribution in [1.29, 1.82) is 0 Å². The maximum Gasteiger partial charge on any atom is 0.324 e. The minimum Gasteiger partial charge on any atom is -0.339 e. The van der Waals surface area contributed by atoms with Crippen molar-refractivity contribution in [2.75, 3.05) is 13.1 Å². The molecular formula is C11H12BrN3O2. The van der Waals surface area contributed by atoms with E-state index in [0.717, 1.165) is 17.3 Å². The molecule has 3 amide bonds. The molecule has 2 aliphatic rings. The average molecular weight is 298 g/mol. The summed E-state index contributed by atoms with van der Waals surface area (Å²) in [6.45, 7) is 0.987. The Bertz CT molecular complexity index is 493. The molecule has 0 atom stereocenters. The topological polar surface area (TPSA) is 54.3 Å². The van der Waals surface area contributed by atoms with Gasteiger partial charge in [-0.3, -0.25) is 9.69 Å². The largest absolute Gasteiger partial charge is 0.339 e. The molecular weight excluding hydrogens is 286 g/mol. The van der Waals surface area contributed by atoms with Gasteiger partial charge >= 0.3 is 6.03 Å². The first-order valence-corrected chi connectivity index (χ1v) is 6.43. The van der Waals surface area contributed by atoms with E-state index >= 15 is 0 Å². The third-order valence-corrected chi connectivity index (χ3v) is 3.51. The van der Waals surface area contributed by atoms with Gasteiger partial charge in [0.25, 0.3) is 5.91 Å². The lowest BCUT2D eigenvalue weighted by molar-refractivity contribution is 0.0819. The van der Waals surface area contributed by atoms with Crippen LogP contribution in [0.1, 0.15) is 29.4 Å². The third kappa shape index (κ3) is 1.86. The van der Waals surface area contributed by atoms with Crippen LogP contribution in [0.5, 0.6) is 0 Å². The SMILES string of the molecule is O=C1NCCN1C(=O)c1cc(Br)cn1C1CC1. The van der Waals surface area contributed by atoms with Crippen molar-refractivity contribution in [3.63, 3.8) is 0 Å². The van der Waals surface area contributed by atoms with Gasteiger partial charge in [0.05, 0.1) is 0 Å². The van der Waals surface area contributed by atoms with Crippen molar-refractivity contribution in [3.8, 4) is 0 Å². The zero-order chi connectivity index (χ0) is 12.0. The van der Waals surface area contributed by atoms with E-state index in [1.807, 2.05) is 10.8 Å². The van der Waals surface area contributed by atoms with Crippen LogP contribution >= 0.6 is 15.9 Å². The van der Waals surface area contributed by atoms with Crippen LogP contribution < -0.4 is 5.32 Å². The zero-order valence-corrected chi connectivity index (χ0v) is 10.7. The number of nitrogens with one attached hydrogen (secondary N) is 1. The Morgan fingerprint density at radius 3 is 2.82 bits per heavy atom. The number of aromatic nitrogens is 1. The Morgan fingerprint density at radius 1 is 1.47 bits per heavy atom. The molecule has 2 fully saturated rings. The quantitative estimate of drug-likeness (QED) is 0.904. The maximum atomic E-state index is 12.2. The third-order valence-electron chi connectivity index (χ3n) is 3.08. The van der Waals surface area contributed by atoms with Gasteiger partial charge in [0, 0.05) is 29.8 Å². The van der Waals surface area contributed by atoms with Crippen LogP contribution in [0.4, 0.5) is 4.79 Å². The highest BCUT2D eigenvalue weighted by Gasteiger charge is 2.33. The number of amides is 3. The van der Waals surface area contributed by atoms with Gasteiger partial charge in [0.2, 0.25) is 0 Å². The van der Waals surface area contributed by atoms with Crippen LogP contribution in [-0.4, -0.2) is 34.5 Å². The summed E-state index contributed by atoms with van der Waals surface area (Å²) in [7, 11) is 0. The van der Waals surface area contributed by atoms with Crippen molar-refractivity contribution in [2.45, 2.75) is 18.9 Å². The molecule has 90 valence electrons. The second kappa shape index (κ2) is 3.87. The number of rotatable bonds is 2. The maximum absolute atomic E-state index is 12.2. The number of carbonyl (C=O) groups is 2. The summed E-state index contributed by atoms with van der Waals surface area (Å²) in [6.07, 6.45) is 4.13. The van der Waals surface area contributed by atoms with Crippen molar-refractivity contribution in [1.82, 2.24) is 14.8 Å². The number of imide groups is 1. The van der Waals surface area contributed by atoms with Crippen LogP contribution in [-0.2, 0) is 0 Å². The van der Waals surface area contributed by atoms with E-state index < -0.39 is 0 Å². The van der Waals surface area contributed by atoms with Gasteiger partial charge in [0.1, 0.15) is 5.69 Å². The lowest BCUT2D eigenvalue weighted by atomic mass is 10.3.